The summed E-state index contributed by atoms with van der Waals surface area (Å²) < 4.78 is 0. The van der Waals surface area contributed by atoms with Crippen LogP contribution in [0, 0.1) is 5.92 Å². The molecule has 1 aromatic rings. The van der Waals surface area contributed by atoms with Gasteiger partial charge in [0.25, 0.3) is 0 Å². The number of benzene rings is 1. The van der Waals surface area contributed by atoms with Crippen LogP contribution in [0.1, 0.15) is 66.7 Å². The van der Waals surface area contributed by atoms with Crippen LogP contribution in [0.15, 0.2) is 35.9 Å². The third-order valence-corrected chi connectivity index (χ3v) is 3.97. The van der Waals surface area contributed by atoms with E-state index in [0.29, 0.717) is 11.1 Å². The van der Waals surface area contributed by atoms with Crippen LogP contribution in [0.5, 0.6) is 0 Å². The van der Waals surface area contributed by atoms with Crippen LogP contribution in [0.2, 0.25) is 0 Å². The Bertz CT molecular complexity index is 546. The molecule has 0 radical (unpaired) electrons. The molecule has 0 amide bonds. The van der Waals surface area contributed by atoms with Gasteiger partial charge in [0.2, 0.25) is 0 Å². The molecule has 21 heavy (non-hydrogen) atoms. The van der Waals surface area contributed by atoms with Crippen molar-refractivity contribution in [1.82, 2.24) is 6.15 Å². The number of unbranched alkanes of at least 4 members (excludes halogenated alkanes) is 1. The summed E-state index contributed by atoms with van der Waals surface area (Å²) in [6.45, 7) is 4.28. The largest absolute Gasteiger partial charge is 0.344 e. The standard InChI is InChI=1S/C18H22O2.H3N/c1-3-5-9-13(8-4-2)16-12-17(19)14-10-6-7-11-15(14)18(16)20;/h6-7,10-13H,3-5,8-9H2,1-2H3;1H3. The van der Waals surface area contributed by atoms with E-state index >= 15 is 0 Å². The molecule has 0 spiro atoms. The van der Waals surface area contributed by atoms with Crippen LogP contribution in [0.3, 0.4) is 0 Å². The lowest BCUT2D eigenvalue weighted by Gasteiger charge is -2.22. The fourth-order valence-electron chi connectivity index (χ4n) is 2.89. The maximum atomic E-state index is 12.6. The number of fused-ring (bicyclic) bond motifs is 1. The Morgan fingerprint density at radius 3 is 2.24 bits per heavy atom. The number of carbonyl (C=O) groups is 2. The van der Waals surface area contributed by atoms with Crippen molar-refractivity contribution in [3.8, 4) is 0 Å². The highest BCUT2D eigenvalue weighted by molar-refractivity contribution is 6.24. The number of rotatable bonds is 6. The molecule has 0 bridgehead atoms. The maximum Gasteiger partial charge on any atom is 0.190 e. The zero-order valence-corrected chi connectivity index (χ0v) is 13.0. The molecular formula is C18H25NO2. The lowest BCUT2D eigenvalue weighted by molar-refractivity contribution is 0.0972. The smallest absolute Gasteiger partial charge is 0.190 e. The average Bonchev–Trinajstić information content (AvgIpc) is 2.47. The van der Waals surface area contributed by atoms with Gasteiger partial charge in [-0.3, -0.25) is 9.59 Å². The van der Waals surface area contributed by atoms with Crippen molar-refractivity contribution in [1.29, 1.82) is 0 Å². The number of Topliss-reactive ketones (excluding diaryl/α,β-unsaturated/α-hetero) is 1. The molecule has 0 saturated heterocycles. The molecule has 1 aliphatic carbocycles. The lowest BCUT2D eigenvalue weighted by atomic mass is 9.80. The van der Waals surface area contributed by atoms with Crippen LogP contribution >= 0.6 is 0 Å². The summed E-state index contributed by atoms with van der Waals surface area (Å²) in [5, 5.41) is 0. The summed E-state index contributed by atoms with van der Waals surface area (Å²) in [5.74, 6) is 0.257. The van der Waals surface area contributed by atoms with Crippen molar-refractivity contribution in [3.05, 3.63) is 47.0 Å². The third-order valence-electron chi connectivity index (χ3n) is 3.97. The molecule has 0 aromatic heterocycles. The molecule has 2 rings (SSSR count). The molecule has 3 N–H and O–H groups in total. The van der Waals surface area contributed by atoms with Crippen LogP contribution in [0.25, 0.3) is 0 Å². The summed E-state index contributed by atoms with van der Waals surface area (Å²) in [7, 11) is 0. The quantitative estimate of drug-likeness (QED) is 0.820. The summed E-state index contributed by atoms with van der Waals surface area (Å²) >= 11 is 0. The number of allylic oxidation sites excluding steroid dienone is 2. The van der Waals surface area contributed by atoms with Gasteiger partial charge in [-0.15, -0.1) is 0 Å². The van der Waals surface area contributed by atoms with Crippen molar-refractivity contribution in [2.75, 3.05) is 0 Å². The van der Waals surface area contributed by atoms with Crippen molar-refractivity contribution in [3.63, 3.8) is 0 Å². The normalized spacial score (nSPS) is 15.0. The maximum absolute atomic E-state index is 12.6. The molecule has 0 heterocycles. The van der Waals surface area contributed by atoms with Crippen LogP contribution < -0.4 is 6.15 Å². The van der Waals surface area contributed by atoms with Gasteiger partial charge in [0.05, 0.1) is 0 Å². The molecule has 1 atom stereocenters. The molecule has 1 aliphatic rings. The molecule has 0 saturated carbocycles. The number of carbonyl (C=O) groups excluding carboxylic acids is 2. The van der Waals surface area contributed by atoms with Crippen molar-refractivity contribution < 1.29 is 9.59 Å². The summed E-state index contributed by atoms with van der Waals surface area (Å²) in [4.78, 5) is 24.8. The van der Waals surface area contributed by atoms with E-state index in [9.17, 15) is 9.59 Å². The molecule has 114 valence electrons. The number of hydrogen-bond donors (Lipinski definition) is 1. The molecule has 1 aromatic carbocycles. The Morgan fingerprint density at radius 2 is 1.62 bits per heavy atom. The van der Waals surface area contributed by atoms with Crippen molar-refractivity contribution in [2.24, 2.45) is 5.92 Å². The van der Waals surface area contributed by atoms with Gasteiger partial charge in [-0.1, -0.05) is 57.4 Å². The first-order valence-electron chi connectivity index (χ1n) is 7.58. The minimum atomic E-state index is -0.0206. The van der Waals surface area contributed by atoms with Crippen LogP contribution in [0.4, 0.5) is 0 Å². The minimum absolute atomic E-state index is 0. The van der Waals surface area contributed by atoms with E-state index in [0.717, 1.165) is 37.7 Å². The van der Waals surface area contributed by atoms with E-state index in [1.807, 2.05) is 12.1 Å². The van der Waals surface area contributed by atoms with Gasteiger partial charge in [-0.2, -0.15) is 0 Å². The number of ketones is 2. The summed E-state index contributed by atoms with van der Waals surface area (Å²) in [5.41, 5.74) is 1.85. The van der Waals surface area contributed by atoms with E-state index in [1.165, 1.54) is 0 Å². The topological polar surface area (TPSA) is 69.1 Å². The van der Waals surface area contributed by atoms with Gasteiger partial charge in [-0.05, 0) is 24.8 Å². The van der Waals surface area contributed by atoms with Crippen molar-refractivity contribution >= 4 is 11.6 Å². The first kappa shape index (κ1) is 17.3. The van der Waals surface area contributed by atoms with E-state index in [1.54, 1.807) is 18.2 Å². The fraction of sp³-hybridized carbons (Fsp3) is 0.444. The van der Waals surface area contributed by atoms with Crippen LogP contribution in [-0.2, 0) is 0 Å². The summed E-state index contributed by atoms with van der Waals surface area (Å²) in [6, 6.07) is 7.15. The van der Waals surface area contributed by atoms with Crippen LogP contribution in [-0.4, -0.2) is 11.6 Å². The lowest BCUT2D eigenvalue weighted by Crippen LogP contribution is -2.22. The highest BCUT2D eigenvalue weighted by Gasteiger charge is 2.29. The molecule has 3 heteroatoms. The zero-order valence-electron chi connectivity index (χ0n) is 13.0. The molecule has 3 nitrogen and oxygen atoms in total. The van der Waals surface area contributed by atoms with Gasteiger partial charge in [0, 0.05) is 16.7 Å². The highest BCUT2D eigenvalue weighted by atomic mass is 16.1. The van der Waals surface area contributed by atoms with Gasteiger partial charge in [-0.25, -0.2) is 0 Å². The second-order valence-corrected chi connectivity index (χ2v) is 5.47. The Labute approximate surface area is 127 Å². The Kier molecular flexibility index (Phi) is 6.50. The van der Waals surface area contributed by atoms with Gasteiger partial charge in [0.15, 0.2) is 11.6 Å². The predicted molar refractivity (Wildman–Crippen MR) is 86.1 cm³/mol. The van der Waals surface area contributed by atoms with E-state index in [-0.39, 0.29) is 23.6 Å². The van der Waals surface area contributed by atoms with Gasteiger partial charge in [0.1, 0.15) is 0 Å². The first-order chi connectivity index (χ1) is 9.69. The third kappa shape index (κ3) is 3.67. The SMILES string of the molecule is CCCCC(CCC)C1=CC(=O)c2ccccc2C1=O.N. The molecule has 1 unspecified atom stereocenters. The minimum Gasteiger partial charge on any atom is -0.344 e. The second-order valence-electron chi connectivity index (χ2n) is 5.47. The van der Waals surface area contributed by atoms with Crippen molar-refractivity contribution in [2.45, 2.75) is 46.0 Å². The van der Waals surface area contributed by atoms with E-state index in [2.05, 4.69) is 13.8 Å². The first-order valence-corrected chi connectivity index (χ1v) is 7.58. The monoisotopic (exact) mass is 287 g/mol. The molecule has 0 fully saturated rings. The predicted octanol–water partition coefficient (Wildman–Crippen LogP) is 4.76. The molecule has 0 aliphatic heterocycles. The Balaban J connectivity index is 0.00000220. The van der Waals surface area contributed by atoms with Gasteiger partial charge >= 0.3 is 0 Å². The second kappa shape index (κ2) is 7.89. The van der Waals surface area contributed by atoms with E-state index < -0.39 is 0 Å². The average molecular weight is 287 g/mol. The Morgan fingerprint density at radius 1 is 0.952 bits per heavy atom. The Hall–Kier alpha value is -1.74. The van der Waals surface area contributed by atoms with E-state index in [4.69, 9.17) is 0 Å². The zero-order chi connectivity index (χ0) is 14.5. The summed E-state index contributed by atoms with van der Waals surface area (Å²) in [6.07, 6.45) is 6.82. The molecular weight excluding hydrogens is 262 g/mol. The fourth-order valence-corrected chi connectivity index (χ4v) is 2.89. The number of hydrogen-bond acceptors (Lipinski definition) is 3. The highest BCUT2D eigenvalue weighted by Crippen LogP contribution is 2.31. The van der Waals surface area contributed by atoms with Gasteiger partial charge < -0.3 is 6.15 Å².